The van der Waals surface area contributed by atoms with Crippen LogP contribution in [0.4, 0.5) is 0 Å². The number of benzene rings is 1. The van der Waals surface area contributed by atoms with Crippen LogP contribution in [-0.2, 0) is 6.42 Å². The van der Waals surface area contributed by atoms with Gasteiger partial charge in [-0.1, -0.05) is 12.1 Å². The molecule has 5 heteroatoms. The predicted octanol–water partition coefficient (Wildman–Crippen LogP) is 0.868. The van der Waals surface area contributed by atoms with Crippen molar-refractivity contribution in [2.24, 2.45) is 5.73 Å². The molecule has 5 nitrogen and oxygen atoms in total. The lowest BCUT2D eigenvalue weighted by molar-refractivity contribution is 0.0951. The summed E-state index contributed by atoms with van der Waals surface area (Å²) in [6.07, 6.45) is 3.51. The molecular formula is C12H13N3O2. The minimum atomic E-state index is -0.634. The van der Waals surface area contributed by atoms with Crippen molar-refractivity contribution >= 4 is 5.78 Å². The zero-order valence-electron chi connectivity index (χ0n) is 9.13. The van der Waals surface area contributed by atoms with Gasteiger partial charge in [-0.05, 0) is 24.1 Å². The second-order valence-corrected chi connectivity index (χ2v) is 3.78. The Kier molecular flexibility index (Phi) is 3.20. The Morgan fingerprint density at radius 1 is 1.41 bits per heavy atom. The summed E-state index contributed by atoms with van der Waals surface area (Å²) in [7, 11) is 0. The lowest BCUT2D eigenvalue weighted by atomic mass is 10.0. The molecule has 0 bridgehead atoms. The zero-order chi connectivity index (χ0) is 12.3. The Morgan fingerprint density at radius 2 is 2.12 bits per heavy atom. The number of hydrogen-bond acceptors (Lipinski definition) is 4. The minimum Gasteiger partial charge on any atom is -0.508 e. The Balaban J connectivity index is 2.04. The maximum absolute atomic E-state index is 11.8. The molecule has 1 heterocycles. The quantitative estimate of drug-likeness (QED) is 0.681. The Bertz CT molecular complexity index is 491. The van der Waals surface area contributed by atoms with Crippen molar-refractivity contribution in [3.05, 3.63) is 48.0 Å². The lowest BCUT2D eigenvalue weighted by Gasteiger charge is -2.08. The molecule has 1 aromatic carbocycles. The van der Waals surface area contributed by atoms with Gasteiger partial charge in [-0.3, -0.25) is 4.79 Å². The molecule has 1 atom stereocenters. The molecule has 2 rings (SSSR count). The fourth-order valence-corrected chi connectivity index (χ4v) is 1.55. The van der Waals surface area contributed by atoms with E-state index in [4.69, 9.17) is 10.8 Å². The van der Waals surface area contributed by atoms with Crippen LogP contribution < -0.4 is 5.73 Å². The van der Waals surface area contributed by atoms with Crippen LogP contribution in [0.5, 0.6) is 5.75 Å². The maximum atomic E-state index is 11.8. The monoisotopic (exact) mass is 231 g/mol. The van der Waals surface area contributed by atoms with E-state index in [1.54, 1.807) is 30.5 Å². The van der Waals surface area contributed by atoms with E-state index >= 15 is 0 Å². The highest BCUT2D eigenvalue weighted by Gasteiger charge is 2.18. The molecule has 2 aromatic rings. The number of phenolic OH excluding ortho intramolecular Hbond substituents is 1. The highest BCUT2D eigenvalue weighted by molar-refractivity contribution is 5.96. The first-order chi connectivity index (χ1) is 8.16. The predicted molar refractivity (Wildman–Crippen MR) is 62.7 cm³/mol. The number of Topliss-reactive ketones (excluding diaryl/α,β-unsaturated/α-hetero) is 1. The molecule has 4 N–H and O–H groups in total. The number of imidazole rings is 1. The summed E-state index contributed by atoms with van der Waals surface area (Å²) < 4.78 is 0. The Labute approximate surface area is 98.3 Å². The number of nitrogens with two attached hydrogens (primary N) is 1. The van der Waals surface area contributed by atoms with Gasteiger partial charge in [0.05, 0.1) is 6.04 Å². The molecule has 1 aromatic heterocycles. The van der Waals surface area contributed by atoms with E-state index in [0.717, 1.165) is 5.56 Å². The summed E-state index contributed by atoms with van der Waals surface area (Å²) in [6.45, 7) is 0. The second kappa shape index (κ2) is 4.80. The van der Waals surface area contributed by atoms with Gasteiger partial charge in [0.25, 0.3) is 0 Å². The molecule has 0 aliphatic carbocycles. The normalized spacial score (nSPS) is 12.3. The second-order valence-electron chi connectivity index (χ2n) is 3.78. The van der Waals surface area contributed by atoms with E-state index in [1.807, 2.05) is 0 Å². The number of nitrogens with one attached hydrogen (secondary N) is 1. The first kappa shape index (κ1) is 11.3. The van der Waals surface area contributed by atoms with Gasteiger partial charge in [0.15, 0.2) is 5.82 Å². The van der Waals surface area contributed by atoms with E-state index in [0.29, 0.717) is 6.42 Å². The van der Waals surface area contributed by atoms with E-state index in [2.05, 4.69) is 9.97 Å². The molecule has 0 amide bonds. The Hall–Kier alpha value is -2.14. The van der Waals surface area contributed by atoms with Crippen molar-refractivity contribution in [2.45, 2.75) is 12.5 Å². The van der Waals surface area contributed by atoms with Crippen LogP contribution >= 0.6 is 0 Å². The topological polar surface area (TPSA) is 92.0 Å². The highest BCUT2D eigenvalue weighted by atomic mass is 16.3. The van der Waals surface area contributed by atoms with Gasteiger partial charge in [0.1, 0.15) is 5.75 Å². The van der Waals surface area contributed by atoms with Gasteiger partial charge in [-0.2, -0.15) is 0 Å². The van der Waals surface area contributed by atoms with Gasteiger partial charge in [0.2, 0.25) is 5.78 Å². The fraction of sp³-hybridized carbons (Fsp3) is 0.167. The first-order valence-corrected chi connectivity index (χ1v) is 5.24. The zero-order valence-corrected chi connectivity index (χ0v) is 9.13. The standard InChI is InChI=1S/C12H13N3O2/c13-10(11(17)12-14-5-6-15-12)7-8-1-3-9(16)4-2-8/h1-6,10,16H,7,13H2,(H,14,15)/t10-/m0/s1. The third kappa shape index (κ3) is 2.70. The summed E-state index contributed by atoms with van der Waals surface area (Å²) in [5, 5.41) is 9.14. The van der Waals surface area contributed by atoms with Crippen LogP contribution in [0.15, 0.2) is 36.7 Å². The molecule has 88 valence electrons. The van der Waals surface area contributed by atoms with Crippen LogP contribution in [-0.4, -0.2) is 26.9 Å². The number of aromatic hydroxyl groups is 1. The Morgan fingerprint density at radius 3 is 2.71 bits per heavy atom. The van der Waals surface area contributed by atoms with Crippen LogP contribution in [0.25, 0.3) is 0 Å². The van der Waals surface area contributed by atoms with Gasteiger partial charge in [0, 0.05) is 12.4 Å². The largest absolute Gasteiger partial charge is 0.508 e. The third-order valence-electron chi connectivity index (χ3n) is 2.46. The summed E-state index contributed by atoms with van der Waals surface area (Å²) >= 11 is 0. The first-order valence-electron chi connectivity index (χ1n) is 5.24. The SMILES string of the molecule is N[C@@H](Cc1ccc(O)cc1)C(=O)c1ncc[nH]1. The van der Waals surface area contributed by atoms with Crippen molar-refractivity contribution in [2.75, 3.05) is 0 Å². The van der Waals surface area contributed by atoms with E-state index in [1.165, 1.54) is 6.20 Å². The lowest BCUT2D eigenvalue weighted by Crippen LogP contribution is -2.33. The fourth-order valence-electron chi connectivity index (χ4n) is 1.55. The molecule has 0 saturated heterocycles. The highest BCUT2D eigenvalue weighted by Crippen LogP contribution is 2.11. The van der Waals surface area contributed by atoms with E-state index in [9.17, 15) is 4.79 Å². The molecular weight excluding hydrogens is 218 g/mol. The summed E-state index contributed by atoms with van der Waals surface area (Å²) in [5.74, 6) is 0.249. The number of aromatic amines is 1. The van der Waals surface area contributed by atoms with Crippen LogP contribution in [0.3, 0.4) is 0 Å². The number of carbonyl (C=O) groups is 1. The van der Waals surface area contributed by atoms with Crippen LogP contribution in [0, 0.1) is 0 Å². The van der Waals surface area contributed by atoms with Crippen LogP contribution in [0.2, 0.25) is 0 Å². The number of hydrogen-bond donors (Lipinski definition) is 3. The van der Waals surface area contributed by atoms with Crippen LogP contribution in [0.1, 0.15) is 16.2 Å². The van der Waals surface area contributed by atoms with Crippen molar-refractivity contribution in [1.29, 1.82) is 0 Å². The molecule has 0 aliphatic heterocycles. The average Bonchev–Trinajstić information content (AvgIpc) is 2.84. The number of nitrogens with zero attached hydrogens (tertiary/aromatic N) is 1. The number of aromatic nitrogens is 2. The molecule has 0 saturated carbocycles. The summed E-state index contributed by atoms with van der Waals surface area (Å²) in [4.78, 5) is 18.4. The number of ketones is 1. The molecule has 0 fully saturated rings. The summed E-state index contributed by atoms with van der Waals surface area (Å²) in [6, 6.07) is 5.99. The van der Waals surface area contributed by atoms with Gasteiger partial charge >= 0.3 is 0 Å². The van der Waals surface area contributed by atoms with E-state index < -0.39 is 6.04 Å². The summed E-state index contributed by atoms with van der Waals surface area (Å²) in [5.41, 5.74) is 6.70. The van der Waals surface area contributed by atoms with E-state index in [-0.39, 0.29) is 17.4 Å². The molecule has 0 unspecified atom stereocenters. The number of phenols is 1. The van der Waals surface area contributed by atoms with Crippen molar-refractivity contribution in [3.8, 4) is 5.75 Å². The maximum Gasteiger partial charge on any atom is 0.214 e. The van der Waals surface area contributed by atoms with Crippen molar-refractivity contribution < 1.29 is 9.90 Å². The third-order valence-corrected chi connectivity index (χ3v) is 2.46. The van der Waals surface area contributed by atoms with Gasteiger partial charge in [-0.15, -0.1) is 0 Å². The van der Waals surface area contributed by atoms with Gasteiger partial charge in [-0.25, -0.2) is 4.98 Å². The van der Waals surface area contributed by atoms with Gasteiger partial charge < -0.3 is 15.8 Å². The smallest absolute Gasteiger partial charge is 0.214 e. The molecule has 0 radical (unpaired) electrons. The number of carbonyl (C=O) groups excluding carboxylic acids is 1. The van der Waals surface area contributed by atoms with Crippen molar-refractivity contribution in [3.63, 3.8) is 0 Å². The minimum absolute atomic E-state index is 0.194. The number of H-pyrrole nitrogens is 1. The number of rotatable bonds is 4. The molecule has 17 heavy (non-hydrogen) atoms. The average molecular weight is 231 g/mol. The molecule has 0 aliphatic rings. The van der Waals surface area contributed by atoms with Crippen molar-refractivity contribution in [1.82, 2.24) is 9.97 Å². The molecule has 0 spiro atoms.